The fourth-order valence-corrected chi connectivity index (χ4v) is 4.04. The van der Waals surface area contributed by atoms with Gasteiger partial charge in [-0.2, -0.15) is 4.57 Å². The quantitative estimate of drug-likeness (QED) is 0.402. The van der Waals surface area contributed by atoms with E-state index in [1.807, 2.05) is 24.5 Å². The van der Waals surface area contributed by atoms with Gasteiger partial charge in [-0.1, -0.05) is 12.1 Å². The molecule has 4 heteroatoms. The number of aromatic nitrogens is 2. The molecule has 0 atom stereocenters. The maximum atomic E-state index is 5.94. The lowest BCUT2D eigenvalue weighted by molar-refractivity contribution is -0.641. The minimum absolute atomic E-state index is 0.913. The molecule has 0 fully saturated rings. The van der Waals surface area contributed by atoms with Gasteiger partial charge in [-0.05, 0) is 29.5 Å². The minimum Gasteiger partial charge on any atom is -0.439 e. The van der Waals surface area contributed by atoms with Crippen LogP contribution in [0.3, 0.4) is 0 Å². The summed E-state index contributed by atoms with van der Waals surface area (Å²) in [6.45, 7) is 0.913. The van der Waals surface area contributed by atoms with Crippen molar-refractivity contribution >= 4 is 32.7 Å². The number of thiazole rings is 1. The van der Waals surface area contributed by atoms with Gasteiger partial charge in [0, 0.05) is 18.0 Å². The molecule has 90 valence electrons. The Morgan fingerprint density at radius 2 is 2.16 bits per heavy atom. The van der Waals surface area contributed by atoms with Crippen molar-refractivity contribution in [3.63, 3.8) is 0 Å². The Morgan fingerprint density at radius 3 is 3.16 bits per heavy atom. The van der Waals surface area contributed by atoms with E-state index in [-0.39, 0.29) is 0 Å². The molecular weight excluding hydrogens is 256 g/mol. The van der Waals surface area contributed by atoms with Gasteiger partial charge in [-0.3, -0.25) is 4.98 Å². The lowest BCUT2D eigenvalue weighted by Crippen LogP contribution is -2.30. The number of pyridine rings is 1. The molecule has 1 aliphatic rings. The van der Waals surface area contributed by atoms with Crippen molar-refractivity contribution < 1.29 is 8.98 Å². The number of furan rings is 1. The van der Waals surface area contributed by atoms with Crippen LogP contribution in [-0.4, -0.2) is 4.98 Å². The molecule has 1 aliphatic heterocycles. The molecule has 0 N–H and O–H groups in total. The Kier molecular flexibility index (Phi) is 1.64. The fraction of sp³-hybridized carbons (Fsp3) is 0.0667. The number of fused-ring (bicyclic) bond motifs is 7. The Balaban J connectivity index is 1.94. The number of benzene rings is 1. The number of nitrogens with zero attached hydrogens (tertiary/aromatic N) is 2. The highest BCUT2D eigenvalue weighted by atomic mass is 32.1. The van der Waals surface area contributed by atoms with Crippen molar-refractivity contribution in [3.05, 3.63) is 48.3 Å². The van der Waals surface area contributed by atoms with Gasteiger partial charge >= 0.3 is 0 Å². The van der Waals surface area contributed by atoms with Gasteiger partial charge in [0.25, 0.3) is 15.4 Å². The number of rotatable bonds is 0. The second-order valence-corrected chi connectivity index (χ2v) is 5.72. The van der Waals surface area contributed by atoms with Gasteiger partial charge in [0.1, 0.15) is 5.58 Å². The zero-order valence-corrected chi connectivity index (χ0v) is 10.8. The van der Waals surface area contributed by atoms with Gasteiger partial charge in [0.15, 0.2) is 6.54 Å². The van der Waals surface area contributed by atoms with Crippen molar-refractivity contribution in [1.29, 1.82) is 0 Å². The van der Waals surface area contributed by atoms with Crippen molar-refractivity contribution in [2.75, 3.05) is 0 Å². The predicted octanol–water partition coefficient (Wildman–Crippen LogP) is 3.36. The molecule has 3 nitrogen and oxygen atoms in total. The molecule has 3 aromatic heterocycles. The van der Waals surface area contributed by atoms with Crippen LogP contribution in [0, 0.1) is 0 Å². The van der Waals surface area contributed by atoms with E-state index in [4.69, 9.17) is 4.42 Å². The molecular formula is C15H9N2OS+. The average molecular weight is 265 g/mol. The molecule has 0 saturated heterocycles. The van der Waals surface area contributed by atoms with E-state index in [2.05, 4.69) is 27.8 Å². The van der Waals surface area contributed by atoms with Crippen molar-refractivity contribution in [2.24, 2.45) is 0 Å². The summed E-state index contributed by atoms with van der Waals surface area (Å²) in [7, 11) is 0. The Labute approximate surface area is 112 Å². The molecule has 0 bridgehead atoms. The summed E-state index contributed by atoms with van der Waals surface area (Å²) < 4.78 is 8.29. The van der Waals surface area contributed by atoms with Gasteiger partial charge < -0.3 is 4.42 Å². The van der Waals surface area contributed by atoms with Crippen LogP contribution >= 0.6 is 11.3 Å². The second kappa shape index (κ2) is 3.22. The van der Waals surface area contributed by atoms with Crippen molar-refractivity contribution in [1.82, 2.24) is 4.98 Å². The first-order chi connectivity index (χ1) is 9.42. The normalized spacial score (nSPS) is 13.1. The van der Waals surface area contributed by atoms with Crippen molar-refractivity contribution in [2.45, 2.75) is 6.54 Å². The van der Waals surface area contributed by atoms with E-state index in [0.717, 1.165) is 17.0 Å². The van der Waals surface area contributed by atoms with Gasteiger partial charge in [0.2, 0.25) is 0 Å². The summed E-state index contributed by atoms with van der Waals surface area (Å²) in [5.74, 6) is 0. The van der Waals surface area contributed by atoms with E-state index < -0.39 is 0 Å². The second-order valence-electron chi connectivity index (χ2n) is 4.76. The number of hydrogen-bond donors (Lipinski definition) is 0. The number of para-hydroxylation sites is 1. The molecule has 0 spiro atoms. The van der Waals surface area contributed by atoms with E-state index >= 15 is 0 Å². The van der Waals surface area contributed by atoms with Gasteiger partial charge in [-0.15, -0.1) is 0 Å². The number of hydrogen-bond acceptors (Lipinski definition) is 3. The summed E-state index contributed by atoms with van der Waals surface area (Å²) >= 11 is 1.71. The van der Waals surface area contributed by atoms with E-state index in [0.29, 0.717) is 0 Å². The van der Waals surface area contributed by atoms with Crippen molar-refractivity contribution in [3.8, 4) is 10.6 Å². The van der Waals surface area contributed by atoms with Crippen LogP contribution in [-0.2, 0) is 6.54 Å². The highest BCUT2D eigenvalue weighted by Gasteiger charge is 2.34. The summed E-state index contributed by atoms with van der Waals surface area (Å²) in [5, 5.41) is 2.45. The highest BCUT2D eigenvalue weighted by molar-refractivity contribution is 7.20. The smallest absolute Gasteiger partial charge is 0.275 e. The molecule has 4 heterocycles. The summed E-state index contributed by atoms with van der Waals surface area (Å²) in [5.41, 5.74) is 4.76. The van der Waals surface area contributed by atoms with E-state index in [1.54, 1.807) is 11.3 Å². The Bertz CT molecular complexity index is 951. The molecule has 0 aliphatic carbocycles. The largest absolute Gasteiger partial charge is 0.439 e. The monoisotopic (exact) mass is 265 g/mol. The summed E-state index contributed by atoms with van der Waals surface area (Å²) in [6, 6.07) is 10.3. The Morgan fingerprint density at radius 1 is 1.21 bits per heavy atom. The maximum absolute atomic E-state index is 5.94. The van der Waals surface area contributed by atoms with Crippen LogP contribution in [0.25, 0.3) is 32.0 Å². The standard InChI is InChI=1S/C15H9N2OS/c1-2-4-12-10(3-1)13-15(18-12)19-14-11-7-16-6-5-9(11)8-17(13)14/h1-7H,8H2/q+1. The molecule has 4 aromatic rings. The topological polar surface area (TPSA) is 29.9 Å². The summed E-state index contributed by atoms with van der Waals surface area (Å²) in [6.07, 6.45) is 3.81. The van der Waals surface area contributed by atoms with E-state index in [9.17, 15) is 0 Å². The minimum atomic E-state index is 0.913. The molecule has 0 saturated carbocycles. The molecule has 1 aromatic carbocycles. The highest BCUT2D eigenvalue weighted by Crippen LogP contribution is 2.38. The van der Waals surface area contributed by atoms with Gasteiger partial charge in [-0.25, -0.2) is 0 Å². The predicted molar refractivity (Wildman–Crippen MR) is 74.1 cm³/mol. The fourth-order valence-electron chi connectivity index (χ4n) is 2.85. The maximum Gasteiger partial charge on any atom is 0.275 e. The molecule has 0 amide bonds. The first-order valence-electron chi connectivity index (χ1n) is 6.19. The first-order valence-corrected chi connectivity index (χ1v) is 7.00. The Hall–Kier alpha value is -2.20. The van der Waals surface area contributed by atoms with Crippen LogP contribution in [0.4, 0.5) is 0 Å². The lowest BCUT2D eigenvalue weighted by Gasteiger charge is -1.88. The third-order valence-corrected chi connectivity index (χ3v) is 4.81. The molecule has 0 radical (unpaired) electrons. The SMILES string of the molecule is c1ccc2c(c1)oc1sc3[n+](c12)Cc1ccncc1-3. The van der Waals surface area contributed by atoms with Crippen LogP contribution in [0.15, 0.2) is 47.1 Å². The van der Waals surface area contributed by atoms with Crippen LogP contribution in [0.2, 0.25) is 0 Å². The zero-order chi connectivity index (χ0) is 12.4. The third kappa shape index (κ3) is 1.12. The van der Waals surface area contributed by atoms with E-state index in [1.165, 1.54) is 27.0 Å². The molecule has 5 rings (SSSR count). The first kappa shape index (κ1) is 9.69. The average Bonchev–Trinajstić information content (AvgIpc) is 3.05. The van der Waals surface area contributed by atoms with Gasteiger partial charge in [0.05, 0.1) is 10.9 Å². The molecule has 0 unspecified atom stereocenters. The lowest BCUT2D eigenvalue weighted by atomic mass is 10.2. The molecule has 19 heavy (non-hydrogen) atoms. The third-order valence-electron chi connectivity index (χ3n) is 3.71. The van der Waals surface area contributed by atoms with Crippen LogP contribution in [0.5, 0.6) is 0 Å². The summed E-state index contributed by atoms with van der Waals surface area (Å²) in [4.78, 5) is 5.24. The van der Waals surface area contributed by atoms with Crippen LogP contribution in [0.1, 0.15) is 5.56 Å². The zero-order valence-electron chi connectivity index (χ0n) is 9.96. The van der Waals surface area contributed by atoms with Crippen LogP contribution < -0.4 is 4.57 Å².